The number of rotatable bonds is 6. The Morgan fingerprint density at radius 1 is 1.00 bits per heavy atom. The molecule has 2 fully saturated rings. The lowest BCUT2D eigenvalue weighted by molar-refractivity contribution is -0.384. The molecule has 2 aliphatic carbocycles. The smallest absolute Gasteiger partial charge is 0.340 e. The third-order valence-corrected chi connectivity index (χ3v) is 6.55. The summed E-state index contributed by atoms with van der Waals surface area (Å²) in [6, 6.07) is 11.2. The average Bonchev–Trinajstić information content (AvgIpc) is 3.51. The largest absolute Gasteiger partial charge is 0.454 e. The fraction of sp³-hybridized carbons (Fsp3) is 0.250. The standard InChI is InChI=1S/C24H18N2O7/c27-19(13-4-3-5-16(11-13)26(31)32)12-33-24(30)17-6-1-2-7-18(17)25-22(28)20-14-8-9-15(10-14)21(20)23(25)29/h1-9,11,14-15,20-21H,10,12H2/t14-,15+,20-,21+. The van der Waals surface area contributed by atoms with E-state index in [4.69, 9.17) is 4.74 Å². The van der Waals surface area contributed by atoms with Crippen molar-refractivity contribution in [2.75, 3.05) is 11.5 Å². The molecular weight excluding hydrogens is 428 g/mol. The summed E-state index contributed by atoms with van der Waals surface area (Å²) in [5.41, 5.74) is -0.0935. The van der Waals surface area contributed by atoms with Crippen molar-refractivity contribution in [3.63, 3.8) is 0 Å². The number of ether oxygens (including phenoxy) is 1. The van der Waals surface area contributed by atoms with Crippen LogP contribution < -0.4 is 4.90 Å². The molecule has 0 radical (unpaired) electrons. The minimum atomic E-state index is -0.872. The Morgan fingerprint density at radius 2 is 1.67 bits per heavy atom. The van der Waals surface area contributed by atoms with E-state index >= 15 is 0 Å². The summed E-state index contributed by atoms with van der Waals surface area (Å²) in [6.45, 7) is -0.643. The first-order chi connectivity index (χ1) is 15.9. The number of fused-ring (bicyclic) bond motifs is 5. The van der Waals surface area contributed by atoms with Gasteiger partial charge >= 0.3 is 5.97 Å². The van der Waals surface area contributed by atoms with Crippen molar-refractivity contribution in [1.82, 2.24) is 0 Å². The lowest BCUT2D eigenvalue weighted by atomic mass is 9.85. The lowest BCUT2D eigenvalue weighted by Gasteiger charge is -2.19. The van der Waals surface area contributed by atoms with Crippen LogP contribution in [-0.4, -0.2) is 35.1 Å². The van der Waals surface area contributed by atoms with Gasteiger partial charge in [-0.2, -0.15) is 0 Å². The Hall–Kier alpha value is -4.14. The second-order valence-electron chi connectivity index (χ2n) is 8.34. The molecule has 0 N–H and O–H groups in total. The summed E-state index contributed by atoms with van der Waals surface area (Å²) in [4.78, 5) is 62.7. The molecule has 1 saturated carbocycles. The van der Waals surface area contributed by atoms with Gasteiger partial charge in [0.1, 0.15) is 0 Å². The number of benzene rings is 2. The van der Waals surface area contributed by atoms with Crippen LogP contribution in [-0.2, 0) is 14.3 Å². The van der Waals surface area contributed by atoms with Gasteiger partial charge in [-0.05, 0) is 30.4 Å². The van der Waals surface area contributed by atoms with E-state index in [0.29, 0.717) is 0 Å². The molecule has 0 spiro atoms. The first-order valence-corrected chi connectivity index (χ1v) is 10.5. The van der Waals surface area contributed by atoms with Crippen LogP contribution in [0.15, 0.2) is 60.7 Å². The number of carbonyl (C=O) groups is 4. The van der Waals surface area contributed by atoms with Gasteiger partial charge in [0.2, 0.25) is 17.6 Å². The van der Waals surface area contributed by atoms with E-state index in [1.54, 1.807) is 12.1 Å². The number of anilines is 1. The zero-order valence-electron chi connectivity index (χ0n) is 17.2. The molecule has 1 saturated heterocycles. The first kappa shape index (κ1) is 20.7. The number of amides is 2. The fourth-order valence-electron chi connectivity index (χ4n) is 5.07. The molecule has 9 heteroatoms. The van der Waals surface area contributed by atoms with E-state index < -0.39 is 35.1 Å². The first-order valence-electron chi connectivity index (χ1n) is 10.5. The van der Waals surface area contributed by atoms with Crippen molar-refractivity contribution in [3.05, 3.63) is 81.9 Å². The molecule has 0 unspecified atom stereocenters. The number of hydrogen-bond acceptors (Lipinski definition) is 7. The maximum Gasteiger partial charge on any atom is 0.340 e. The van der Waals surface area contributed by atoms with Crippen molar-refractivity contribution in [3.8, 4) is 0 Å². The van der Waals surface area contributed by atoms with Crippen LogP contribution in [0.25, 0.3) is 0 Å². The van der Waals surface area contributed by atoms with Gasteiger partial charge in [0.05, 0.1) is 28.0 Å². The SMILES string of the molecule is O=C(COC(=O)c1ccccc1N1C(=O)[C@@H]2[C@H](C1=O)[C@@H]1C=C[C@H]2C1)c1cccc([N+](=O)[O-])c1. The minimum absolute atomic E-state index is 0.00804. The highest BCUT2D eigenvalue weighted by Gasteiger charge is 2.59. The molecule has 2 aromatic rings. The van der Waals surface area contributed by atoms with Gasteiger partial charge < -0.3 is 4.74 Å². The number of nitro groups is 1. The van der Waals surface area contributed by atoms with E-state index in [9.17, 15) is 29.3 Å². The quantitative estimate of drug-likeness (QED) is 0.167. The second kappa shape index (κ2) is 7.77. The van der Waals surface area contributed by atoms with Gasteiger partial charge in [-0.1, -0.05) is 36.4 Å². The number of carbonyl (C=O) groups excluding carboxylic acids is 4. The molecule has 0 aromatic heterocycles. The third kappa shape index (κ3) is 3.32. The molecule has 3 aliphatic rings. The number of esters is 1. The number of ketones is 1. The number of non-ortho nitro benzene ring substituents is 1. The predicted octanol–water partition coefficient (Wildman–Crippen LogP) is 2.95. The molecule has 2 aromatic carbocycles. The van der Waals surface area contributed by atoms with Gasteiger partial charge in [0.25, 0.3) is 5.69 Å². The summed E-state index contributed by atoms with van der Waals surface area (Å²) in [6.07, 6.45) is 4.77. The van der Waals surface area contributed by atoms with Crippen LogP contribution in [0.4, 0.5) is 11.4 Å². The van der Waals surface area contributed by atoms with Gasteiger partial charge in [0.15, 0.2) is 6.61 Å². The zero-order valence-corrected chi connectivity index (χ0v) is 17.2. The predicted molar refractivity (Wildman–Crippen MR) is 114 cm³/mol. The third-order valence-electron chi connectivity index (χ3n) is 6.55. The summed E-state index contributed by atoms with van der Waals surface area (Å²) in [5, 5.41) is 10.9. The molecule has 2 bridgehead atoms. The molecule has 2 amide bonds. The molecule has 33 heavy (non-hydrogen) atoms. The normalized spacial score (nSPS) is 24.8. The van der Waals surface area contributed by atoms with Crippen LogP contribution in [0.2, 0.25) is 0 Å². The van der Waals surface area contributed by atoms with E-state index in [0.717, 1.165) is 17.4 Å². The van der Waals surface area contributed by atoms with Gasteiger partial charge in [-0.25, -0.2) is 9.69 Å². The molecule has 4 atom stereocenters. The Morgan fingerprint density at radius 3 is 2.33 bits per heavy atom. The molecule has 9 nitrogen and oxygen atoms in total. The van der Waals surface area contributed by atoms with Gasteiger partial charge in [0, 0.05) is 17.7 Å². The second-order valence-corrected chi connectivity index (χ2v) is 8.34. The number of para-hydroxylation sites is 1. The number of nitrogens with zero attached hydrogens (tertiary/aromatic N) is 2. The molecular formula is C24H18N2O7. The Labute approximate surface area is 187 Å². The van der Waals surface area contributed by atoms with Crippen molar-refractivity contribution in [2.45, 2.75) is 6.42 Å². The fourth-order valence-corrected chi connectivity index (χ4v) is 5.07. The van der Waals surface area contributed by atoms with E-state index in [1.165, 1.54) is 30.3 Å². The van der Waals surface area contributed by atoms with Crippen LogP contribution in [0.5, 0.6) is 0 Å². The Balaban J connectivity index is 1.34. The van der Waals surface area contributed by atoms with Crippen molar-refractivity contribution >= 4 is 34.9 Å². The highest BCUT2D eigenvalue weighted by molar-refractivity contribution is 6.24. The number of hydrogen-bond donors (Lipinski definition) is 0. The van der Waals surface area contributed by atoms with Crippen LogP contribution in [0.1, 0.15) is 27.1 Å². The molecule has 1 aliphatic heterocycles. The zero-order chi connectivity index (χ0) is 23.3. The highest BCUT2D eigenvalue weighted by atomic mass is 16.6. The molecule has 5 rings (SSSR count). The summed E-state index contributed by atoms with van der Waals surface area (Å²) in [7, 11) is 0. The summed E-state index contributed by atoms with van der Waals surface area (Å²) in [5.74, 6) is -2.89. The minimum Gasteiger partial charge on any atom is -0.454 e. The molecule has 166 valence electrons. The number of nitro benzene ring substituents is 1. The number of imide groups is 1. The average molecular weight is 446 g/mol. The van der Waals surface area contributed by atoms with Crippen molar-refractivity contribution in [2.24, 2.45) is 23.7 Å². The van der Waals surface area contributed by atoms with E-state index in [2.05, 4.69) is 0 Å². The topological polar surface area (TPSA) is 124 Å². The Bertz CT molecular complexity index is 1220. The van der Waals surface area contributed by atoms with Crippen LogP contribution in [0, 0.1) is 33.8 Å². The van der Waals surface area contributed by atoms with E-state index in [1.807, 2.05) is 12.2 Å². The van der Waals surface area contributed by atoms with Gasteiger partial charge in [-0.3, -0.25) is 24.5 Å². The van der Waals surface area contributed by atoms with Crippen LogP contribution in [0.3, 0.4) is 0 Å². The molecule has 1 heterocycles. The summed E-state index contributed by atoms with van der Waals surface area (Å²) < 4.78 is 5.14. The Kier molecular flexibility index (Phi) is 4.88. The maximum absolute atomic E-state index is 13.1. The van der Waals surface area contributed by atoms with Gasteiger partial charge in [-0.15, -0.1) is 0 Å². The van der Waals surface area contributed by atoms with E-state index in [-0.39, 0.29) is 46.2 Å². The maximum atomic E-state index is 13.1. The monoisotopic (exact) mass is 446 g/mol. The van der Waals surface area contributed by atoms with Crippen LogP contribution >= 0.6 is 0 Å². The van der Waals surface area contributed by atoms with Crippen molar-refractivity contribution in [1.29, 1.82) is 0 Å². The van der Waals surface area contributed by atoms with Crippen molar-refractivity contribution < 1.29 is 28.8 Å². The summed E-state index contributed by atoms with van der Waals surface area (Å²) >= 11 is 0. The number of Topliss-reactive ketones (excluding diaryl/α,β-unsaturated/α-hetero) is 1. The lowest BCUT2D eigenvalue weighted by Crippen LogP contribution is -2.34. The number of allylic oxidation sites excluding steroid dienone is 2. The highest BCUT2D eigenvalue weighted by Crippen LogP contribution is 2.53.